The fourth-order valence-corrected chi connectivity index (χ4v) is 3.94. The minimum Gasteiger partial charge on any atom is -0.356 e. The van der Waals surface area contributed by atoms with E-state index in [0.29, 0.717) is 0 Å². The fourth-order valence-electron chi connectivity index (χ4n) is 3.94. The summed E-state index contributed by atoms with van der Waals surface area (Å²) in [5.41, 5.74) is 9.40. The van der Waals surface area contributed by atoms with Gasteiger partial charge < -0.3 is 5.32 Å². The van der Waals surface area contributed by atoms with Crippen LogP contribution in [0.25, 0.3) is 22.8 Å². The third-order valence-electron chi connectivity index (χ3n) is 5.67. The van der Waals surface area contributed by atoms with Crippen LogP contribution in [0.1, 0.15) is 16.7 Å². The standard InChI is InChI=1S/C32H25N/c1-4-10-26(11-5-1)27-18-22-31(23-19-27)33-30-20-16-25(17-21-30)24-32(28-12-6-2-7-13-28)29-14-8-3-9-15-29/h1-24,33H. The van der Waals surface area contributed by atoms with Crippen LogP contribution in [0.5, 0.6) is 0 Å². The van der Waals surface area contributed by atoms with Crippen molar-refractivity contribution in [1.29, 1.82) is 0 Å². The molecule has 33 heavy (non-hydrogen) atoms. The van der Waals surface area contributed by atoms with E-state index in [0.717, 1.165) is 11.4 Å². The average molecular weight is 424 g/mol. The molecule has 158 valence electrons. The van der Waals surface area contributed by atoms with E-state index < -0.39 is 0 Å². The molecule has 0 unspecified atom stereocenters. The molecule has 0 aliphatic heterocycles. The molecule has 0 bridgehead atoms. The van der Waals surface area contributed by atoms with Gasteiger partial charge in [0.1, 0.15) is 0 Å². The smallest absolute Gasteiger partial charge is 0.0384 e. The molecule has 5 aromatic carbocycles. The summed E-state index contributed by atoms with van der Waals surface area (Å²) in [7, 11) is 0. The number of nitrogens with one attached hydrogen (secondary N) is 1. The normalized spacial score (nSPS) is 10.4. The van der Waals surface area contributed by atoms with Crippen molar-refractivity contribution in [1.82, 2.24) is 0 Å². The van der Waals surface area contributed by atoms with Gasteiger partial charge in [0.2, 0.25) is 0 Å². The van der Waals surface area contributed by atoms with Crippen molar-refractivity contribution in [3.8, 4) is 11.1 Å². The highest BCUT2D eigenvalue weighted by molar-refractivity contribution is 5.91. The Hall–Kier alpha value is -4.36. The van der Waals surface area contributed by atoms with Gasteiger partial charge >= 0.3 is 0 Å². The van der Waals surface area contributed by atoms with E-state index >= 15 is 0 Å². The number of hydrogen-bond acceptors (Lipinski definition) is 1. The van der Waals surface area contributed by atoms with Crippen LogP contribution in [0.15, 0.2) is 140 Å². The Morgan fingerprint density at radius 2 is 0.848 bits per heavy atom. The molecule has 1 heteroatoms. The summed E-state index contributed by atoms with van der Waals surface area (Å²) in [6.07, 6.45) is 2.25. The summed E-state index contributed by atoms with van der Waals surface area (Å²) in [4.78, 5) is 0. The zero-order valence-electron chi connectivity index (χ0n) is 18.4. The van der Waals surface area contributed by atoms with Crippen molar-refractivity contribution in [2.75, 3.05) is 5.32 Å². The first-order valence-corrected chi connectivity index (χ1v) is 11.2. The first-order chi connectivity index (χ1) is 16.3. The molecule has 1 nitrogen and oxygen atoms in total. The second-order valence-corrected chi connectivity index (χ2v) is 7.98. The van der Waals surface area contributed by atoms with E-state index in [-0.39, 0.29) is 0 Å². The lowest BCUT2D eigenvalue weighted by molar-refractivity contribution is 1.52. The molecule has 0 aromatic heterocycles. The van der Waals surface area contributed by atoms with Gasteiger partial charge in [-0.2, -0.15) is 0 Å². The Morgan fingerprint density at radius 1 is 0.424 bits per heavy atom. The Labute approximate surface area is 195 Å². The molecular formula is C32H25N. The molecule has 0 atom stereocenters. The molecule has 0 aliphatic carbocycles. The van der Waals surface area contributed by atoms with Crippen LogP contribution in [0.4, 0.5) is 11.4 Å². The van der Waals surface area contributed by atoms with Gasteiger partial charge in [-0.1, -0.05) is 115 Å². The van der Waals surface area contributed by atoms with Crippen molar-refractivity contribution >= 4 is 23.0 Å². The van der Waals surface area contributed by atoms with E-state index in [1.54, 1.807) is 0 Å². The third-order valence-corrected chi connectivity index (χ3v) is 5.67. The fraction of sp³-hybridized carbons (Fsp3) is 0. The lowest BCUT2D eigenvalue weighted by Gasteiger charge is -2.10. The van der Waals surface area contributed by atoms with Crippen molar-refractivity contribution in [3.63, 3.8) is 0 Å². The van der Waals surface area contributed by atoms with Crippen LogP contribution in [-0.4, -0.2) is 0 Å². The van der Waals surface area contributed by atoms with Crippen LogP contribution in [0.3, 0.4) is 0 Å². The molecule has 0 saturated heterocycles. The summed E-state index contributed by atoms with van der Waals surface area (Å²) < 4.78 is 0. The predicted octanol–water partition coefficient (Wildman–Crippen LogP) is 8.69. The number of benzene rings is 5. The minimum absolute atomic E-state index is 1.07. The summed E-state index contributed by atoms with van der Waals surface area (Å²) >= 11 is 0. The summed E-state index contributed by atoms with van der Waals surface area (Å²) in [6, 6.07) is 48.7. The van der Waals surface area contributed by atoms with Crippen LogP contribution in [0, 0.1) is 0 Å². The van der Waals surface area contributed by atoms with Crippen LogP contribution in [0.2, 0.25) is 0 Å². The average Bonchev–Trinajstić information content (AvgIpc) is 2.90. The predicted molar refractivity (Wildman–Crippen MR) is 141 cm³/mol. The van der Waals surface area contributed by atoms with E-state index in [2.05, 4.69) is 145 Å². The largest absolute Gasteiger partial charge is 0.356 e. The molecule has 1 N–H and O–H groups in total. The maximum atomic E-state index is 3.51. The van der Waals surface area contributed by atoms with E-state index in [9.17, 15) is 0 Å². The Morgan fingerprint density at radius 3 is 1.36 bits per heavy atom. The van der Waals surface area contributed by atoms with Crippen molar-refractivity contribution in [2.24, 2.45) is 0 Å². The van der Waals surface area contributed by atoms with Crippen LogP contribution in [-0.2, 0) is 0 Å². The highest BCUT2D eigenvalue weighted by Gasteiger charge is 2.05. The quantitative estimate of drug-likeness (QED) is 0.269. The summed E-state index contributed by atoms with van der Waals surface area (Å²) in [6.45, 7) is 0. The van der Waals surface area contributed by atoms with Gasteiger partial charge in [0.25, 0.3) is 0 Å². The second-order valence-electron chi connectivity index (χ2n) is 7.98. The van der Waals surface area contributed by atoms with E-state index in [1.807, 2.05) is 6.07 Å². The number of hydrogen-bond donors (Lipinski definition) is 1. The molecule has 0 amide bonds. The van der Waals surface area contributed by atoms with Crippen molar-refractivity contribution < 1.29 is 0 Å². The first kappa shape index (κ1) is 20.5. The SMILES string of the molecule is C(=C(c1ccccc1)c1ccccc1)c1ccc(Nc2ccc(-c3ccccc3)cc2)cc1. The Balaban J connectivity index is 1.36. The van der Waals surface area contributed by atoms with Gasteiger partial charge in [-0.3, -0.25) is 0 Å². The number of rotatable bonds is 6. The van der Waals surface area contributed by atoms with Gasteiger partial charge in [-0.15, -0.1) is 0 Å². The van der Waals surface area contributed by atoms with Crippen LogP contribution < -0.4 is 5.32 Å². The monoisotopic (exact) mass is 423 g/mol. The zero-order valence-corrected chi connectivity index (χ0v) is 18.4. The lowest BCUT2D eigenvalue weighted by atomic mass is 9.96. The van der Waals surface area contributed by atoms with Gasteiger partial charge in [0.15, 0.2) is 0 Å². The Kier molecular flexibility index (Phi) is 6.13. The molecule has 0 spiro atoms. The molecule has 0 saturated carbocycles. The zero-order chi connectivity index (χ0) is 22.3. The number of anilines is 2. The minimum atomic E-state index is 1.07. The molecule has 0 fully saturated rings. The third kappa shape index (κ3) is 5.11. The molecular weight excluding hydrogens is 398 g/mol. The second kappa shape index (κ2) is 9.84. The van der Waals surface area contributed by atoms with Gasteiger partial charge in [0.05, 0.1) is 0 Å². The van der Waals surface area contributed by atoms with Gasteiger partial charge in [0, 0.05) is 11.4 Å². The van der Waals surface area contributed by atoms with Gasteiger partial charge in [-0.25, -0.2) is 0 Å². The van der Waals surface area contributed by atoms with Crippen molar-refractivity contribution in [3.05, 3.63) is 156 Å². The highest BCUT2D eigenvalue weighted by Crippen LogP contribution is 2.27. The van der Waals surface area contributed by atoms with Crippen LogP contribution >= 0.6 is 0 Å². The molecule has 0 heterocycles. The highest BCUT2D eigenvalue weighted by atomic mass is 14.9. The van der Waals surface area contributed by atoms with E-state index in [1.165, 1.54) is 33.4 Å². The maximum Gasteiger partial charge on any atom is 0.0384 e. The molecule has 5 rings (SSSR count). The summed E-state index contributed by atoms with van der Waals surface area (Å²) in [5, 5.41) is 3.51. The lowest BCUT2D eigenvalue weighted by Crippen LogP contribution is -1.91. The van der Waals surface area contributed by atoms with Crippen molar-refractivity contribution in [2.45, 2.75) is 0 Å². The van der Waals surface area contributed by atoms with Gasteiger partial charge in [-0.05, 0) is 63.7 Å². The summed E-state index contributed by atoms with van der Waals surface area (Å²) in [5.74, 6) is 0. The topological polar surface area (TPSA) is 12.0 Å². The first-order valence-electron chi connectivity index (χ1n) is 11.2. The maximum absolute atomic E-state index is 3.51. The Bertz CT molecular complexity index is 1280. The molecule has 0 radical (unpaired) electrons. The van der Waals surface area contributed by atoms with E-state index in [4.69, 9.17) is 0 Å². The molecule has 0 aliphatic rings. The molecule has 5 aromatic rings.